The molecular formula is C18H28N5O3S+. The Morgan fingerprint density at radius 3 is 2.56 bits per heavy atom. The normalized spacial score (nSPS) is 11.1. The standard InChI is InChI=1S/C18H27N5O3S/c1-5-22(6-2)8-7-19-14(24)9-20-15(25)10-23-11-21-17-16(18(23)26)12(3)13(4)27-17/h11H,5-10H2,1-4H3,(H,19,24)(H,20,25)/p+1. The van der Waals surface area contributed by atoms with E-state index < -0.39 is 5.91 Å². The van der Waals surface area contributed by atoms with Crippen LogP contribution in [-0.2, 0) is 16.1 Å². The van der Waals surface area contributed by atoms with Crippen molar-refractivity contribution in [2.75, 3.05) is 32.7 Å². The van der Waals surface area contributed by atoms with Crippen LogP contribution in [0.4, 0.5) is 0 Å². The Hall–Kier alpha value is -2.26. The van der Waals surface area contributed by atoms with Crippen molar-refractivity contribution in [3.63, 3.8) is 0 Å². The van der Waals surface area contributed by atoms with Gasteiger partial charge in [-0.15, -0.1) is 11.3 Å². The van der Waals surface area contributed by atoms with Crippen LogP contribution in [0.25, 0.3) is 10.2 Å². The fourth-order valence-electron chi connectivity index (χ4n) is 2.82. The molecule has 9 heteroatoms. The number of aromatic nitrogens is 2. The molecule has 3 N–H and O–H groups in total. The molecule has 0 aromatic carbocycles. The van der Waals surface area contributed by atoms with Crippen LogP contribution in [-0.4, -0.2) is 54.1 Å². The van der Waals surface area contributed by atoms with E-state index in [1.165, 1.54) is 27.1 Å². The number of fused-ring (bicyclic) bond motifs is 1. The van der Waals surface area contributed by atoms with Gasteiger partial charge in [-0.2, -0.15) is 0 Å². The highest BCUT2D eigenvalue weighted by molar-refractivity contribution is 7.18. The summed E-state index contributed by atoms with van der Waals surface area (Å²) >= 11 is 1.47. The number of aryl methyl sites for hydroxylation is 2. The van der Waals surface area contributed by atoms with Gasteiger partial charge in [0.2, 0.25) is 11.8 Å². The lowest BCUT2D eigenvalue weighted by Gasteiger charge is -2.15. The maximum Gasteiger partial charge on any atom is 0.262 e. The number of carbonyl (C=O) groups excluding carboxylic acids is 2. The first-order valence-electron chi connectivity index (χ1n) is 9.19. The number of rotatable bonds is 9. The van der Waals surface area contributed by atoms with Gasteiger partial charge in [-0.1, -0.05) is 0 Å². The van der Waals surface area contributed by atoms with Crippen molar-refractivity contribution >= 4 is 33.4 Å². The number of likely N-dealkylation sites (N-methyl/N-ethyl adjacent to an activating group) is 1. The molecule has 148 valence electrons. The van der Waals surface area contributed by atoms with Crippen molar-refractivity contribution in [3.8, 4) is 0 Å². The van der Waals surface area contributed by atoms with Gasteiger partial charge in [0, 0.05) is 4.88 Å². The molecule has 2 heterocycles. The molecule has 0 radical (unpaired) electrons. The first-order valence-corrected chi connectivity index (χ1v) is 10.0. The minimum absolute atomic E-state index is 0.104. The molecule has 0 fully saturated rings. The number of hydrogen-bond acceptors (Lipinski definition) is 5. The first kappa shape index (κ1) is 21.0. The molecule has 0 aliphatic heterocycles. The molecule has 0 saturated carbocycles. The number of carbonyl (C=O) groups is 2. The zero-order valence-electron chi connectivity index (χ0n) is 16.3. The maximum absolute atomic E-state index is 12.6. The highest BCUT2D eigenvalue weighted by Gasteiger charge is 2.14. The summed E-state index contributed by atoms with van der Waals surface area (Å²) in [5, 5.41) is 5.90. The average molecular weight is 395 g/mol. The van der Waals surface area contributed by atoms with E-state index >= 15 is 0 Å². The molecule has 0 unspecified atom stereocenters. The maximum atomic E-state index is 12.6. The summed E-state index contributed by atoms with van der Waals surface area (Å²) in [7, 11) is 0. The van der Waals surface area contributed by atoms with E-state index in [4.69, 9.17) is 0 Å². The number of hydrogen-bond donors (Lipinski definition) is 3. The summed E-state index contributed by atoms with van der Waals surface area (Å²) in [6, 6.07) is 0. The Balaban J connectivity index is 1.86. The zero-order chi connectivity index (χ0) is 20.0. The smallest absolute Gasteiger partial charge is 0.262 e. The van der Waals surface area contributed by atoms with Gasteiger partial charge < -0.3 is 15.5 Å². The lowest BCUT2D eigenvalue weighted by atomic mass is 10.2. The molecule has 8 nitrogen and oxygen atoms in total. The Bertz CT molecular complexity index is 870. The van der Waals surface area contributed by atoms with Crippen LogP contribution in [0.3, 0.4) is 0 Å². The Morgan fingerprint density at radius 2 is 1.89 bits per heavy atom. The van der Waals surface area contributed by atoms with Crippen LogP contribution in [0, 0.1) is 13.8 Å². The van der Waals surface area contributed by atoms with Crippen molar-refractivity contribution in [3.05, 3.63) is 27.1 Å². The minimum atomic E-state index is -0.396. The lowest BCUT2D eigenvalue weighted by Crippen LogP contribution is -3.12. The minimum Gasteiger partial charge on any atom is -0.349 e. The second kappa shape index (κ2) is 9.61. The summed E-state index contributed by atoms with van der Waals surface area (Å²) in [6.07, 6.45) is 1.38. The molecule has 27 heavy (non-hydrogen) atoms. The topological polar surface area (TPSA) is 97.5 Å². The van der Waals surface area contributed by atoms with E-state index in [0.29, 0.717) is 16.8 Å². The van der Waals surface area contributed by atoms with E-state index in [9.17, 15) is 14.4 Å². The van der Waals surface area contributed by atoms with Crippen LogP contribution < -0.4 is 21.1 Å². The third kappa shape index (κ3) is 5.36. The fourth-order valence-corrected chi connectivity index (χ4v) is 3.80. The van der Waals surface area contributed by atoms with Gasteiger partial charge in [0.05, 0.1) is 44.4 Å². The number of thiophene rings is 1. The Labute approximate surface area is 162 Å². The predicted octanol–water partition coefficient (Wildman–Crippen LogP) is -0.768. The quantitative estimate of drug-likeness (QED) is 0.520. The van der Waals surface area contributed by atoms with Crippen LogP contribution in [0.2, 0.25) is 0 Å². The zero-order valence-corrected chi connectivity index (χ0v) is 17.2. The van der Waals surface area contributed by atoms with E-state index in [2.05, 4.69) is 29.5 Å². The number of nitrogens with one attached hydrogen (secondary N) is 3. The molecular weight excluding hydrogens is 366 g/mol. The van der Waals surface area contributed by atoms with Crippen molar-refractivity contribution in [1.82, 2.24) is 20.2 Å². The summed E-state index contributed by atoms with van der Waals surface area (Å²) in [5.41, 5.74) is 0.667. The van der Waals surface area contributed by atoms with Crippen LogP contribution in [0.15, 0.2) is 11.1 Å². The molecule has 2 rings (SSSR count). The molecule has 0 spiro atoms. The Kier molecular flexibility index (Phi) is 7.49. The summed E-state index contributed by atoms with van der Waals surface area (Å²) in [4.78, 5) is 43.9. The molecule has 0 saturated heterocycles. The summed E-state index contributed by atoms with van der Waals surface area (Å²) in [5.74, 6) is -0.632. The summed E-state index contributed by atoms with van der Waals surface area (Å²) in [6.45, 7) is 11.2. The predicted molar refractivity (Wildman–Crippen MR) is 106 cm³/mol. The second-order valence-corrected chi connectivity index (χ2v) is 7.68. The molecule has 0 atom stereocenters. The van der Waals surface area contributed by atoms with Crippen molar-refractivity contribution in [2.45, 2.75) is 34.2 Å². The Morgan fingerprint density at radius 1 is 1.19 bits per heavy atom. The van der Waals surface area contributed by atoms with Gasteiger partial charge in [-0.05, 0) is 33.3 Å². The number of nitrogens with zero attached hydrogens (tertiary/aromatic N) is 2. The highest BCUT2D eigenvalue weighted by atomic mass is 32.1. The number of amides is 2. The summed E-state index contributed by atoms with van der Waals surface area (Å²) < 4.78 is 1.28. The largest absolute Gasteiger partial charge is 0.349 e. The lowest BCUT2D eigenvalue weighted by molar-refractivity contribution is -0.895. The van der Waals surface area contributed by atoms with E-state index in [1.54, 1.807) is 0 Å². The van der Waals surface area contributed by atoms with Gasteiger partial charge in [0.25, 0.3) is 5.56 Å². The monoisotopic (exact) mass is 394 g/mol. The highest BCUT2D eigenvalue weighted by Crippen LogP contribution is 2.25. The van der Waals surface area contributed by atoms with Crippen molar-refractivity contribution < 1.29 is 14.5 Å². The van der Waals surface area contributed by atoms with Gasteiger partial charge in [-0.25, -0.2) is 4.98 Å². The molecule has 2 aromatic heterocycles. The average Bonchev–Trinajstić information content (AvgIpc) is 2.94. The molecule has 2 amide bonds. The van der Waals surface area contributed by atoms with E-state index in [0.717, 1.165) is 30.1 Å². The van der Waals surface area contributed by atoms with Gasteiger partial charge in [0.15, 0.2) is 0 Å². The van der Waals surface area contributed by atoms with Crippen LogP contribution >= 0.6 is 11.3 Å². The molecule has 2 aromatic rings. The third-order valence-electron chi connectivity index (χ3n) is 4.72. The van der Waals surface area contributed by atoms with Crippen molar-refractivity contribution in [2.24, 2.45) is 0 Å². The van der Waals surface area contributed by atoms with Crippen LogP contribution in [0.1, 0.15) is 24.3 Å². The van der Waals surface area contributed by atoms with Gasteiger partial charge in [0.1, 0.15) is 11.4 Å². The third-order valence-corrected chi connectivity index (χ3v) is 5.83. The van der Waals surface area contributed by atoms with Gasteiger partial charge >= 0.3 is 0 Å². The SMILES string of the molecule is CC[NH+](CC)CCNC(=O)CNC(=O)Cn1cnc2sc(C)c(C)c2c1=O. The first-order chi connectivity index (χ1) is 12.9. The van der Waals surface area contributed by atoms with E-state index in [-0.39, 0.29) is 24.6 Å². The van der Waals surface area contributed by atoms with E-state index in [1.807, 2.05) is 13.8 Å². The van der Waals surface area contributed by atoms with Gasteiger partial charge in [-0.3, -0.25) is 19.0 Å². The fraction of sp³-hybridized carbons (Fsp3) is 0.556. The second-order valence-electron chi connectivity index (χ2n) is 6.47. The molecule has 0 aliphatic carbocycles. The molecule has 0 bridgehead atoms. The van der Waals surface area contributed by atoms with Crippen LogP contribution in [0.5, 0.6) is 0 Å². The van der Waals surface area contributed by atoms with Crippen molar-refractivity contribution in [1.29, 1.82) is 0 Å². The number of quaternary nitrogens is 1. The molecule has 0 aliphatic rings.